The molecule has 21 heavy (non-hydrogen) atoms. The zero-order valence-electron chi connectivity index (χ0n) is 12.8. The van der Waals surface area contributed by atoms with Crippen LogP contribution in [-0.2, 0) is 6.42 Å². The number of aryl methyl sites for hydroxylation is 1. The standard InChI is InChI=1S/C14H22N4O3/c1-5-7-11-16-13(15-8-6-2)12(18(19)20)14(17-11)21-9-10(3)4/h6,10H,2,5,7-9H2,1,3-4H3,(H,15,16,17). The van der Waals surface area contributed by atoms with Gasteiger partial charge in [0.1, 0.15) is 5.82 Å². The summed E-state index contributed by atoms with van der Waals surface area (Å²) in [6.07, 6.45) is 3.10. The quantitative estimate of drug-likeness (QED) is 0.428. The lowest BCUT2D eigenvalue weighted by Gasteiger charge is -2.12. The Bertz CT molecular complexity index is 503. The molecular formula is C14H22N4O3. The zero-order chi connectivity index (χ0) is 15.8. The van der Waals surface area contributed by atoms with Crippen molar-refractivity contribution in [1.29, 1.82) is 0 Å². The van der Waals surface area contributed by atoms with Crippen LogP contribution in [-0.4, -0.2) is 28.0 Å². The van der Waals surface area contributed by atoms with E-state index in [9.17, 15) is 10.1 Å². The Morgan fingerprint density at radius 3 is 2.71 bits per heavy atom. The second kappa shape index (κ2) is 8.18. The number of aromatic nitrogens is 2. The smallest absolute Gasteiger partial charge is 0.372 e. The summed E-state index contributed by atoms with van der Waals surface area (Å²) in [7, 11) is 0. The lowest BCUT2D eigenvalue weighted by Crippen LogP contribution is -2.13. The Hall–Kier alpha value is -2.18. The minimum Gasteiger partial charge on any atom is -0.472 e. The molecule has 0 saturated carbocycles. The molecule has 0 fully saturated rings. The highest BCUT2D eigenvalue weighted by Gasteiger charge is 2.26. The molecule has 1 aromatic heterocycles. The molecule has 0 spiro atoms. The third kappa shape index (κ3) is 5.02. The topological polar surface area (TPSA) is 90.2 Å². The first kappa shape index (κ1) is 16.9. The van der Waals surface area contributed by atoms with E-state index in [0.29, 0.717) is 25.4 Å². The highest BCUT2D eigenvalue weighted by atomic mass is 16.6. The molecule has 1 N–H and O–H groups in total. The second-order valence-electron chi connectivity index (χ2n) is 5.02. The Kier molecular flexibility index (Phi) is 6.58. The van der Waals surface area contributed by atoms with Gasteiger partial charge in [-0.25, -0.2) is 4.98 Å². The lowest BCUT2D eigenvalue weighted by atomic mass is 10.2. The molecule has 1 aromatic rings. The van der Waals surface area contributed by atoms with Crippen LogP contribution in [0.15, 0.2) is 12.7 Å². The summed E-state index contributed by atoms with van der Waals surface area (Å²) in [6.45, 7) is 10.3. The Morgan fingerprint density at radius 1 is 1.48 bits per heavy atom. The van der Waals surface area contributed by atoms with Crippen molar-refractivity contribution in [2.24, 2.45) is 5.92 Å². The summed E-state index contributed by atoms with van der Waals surface area (Å²) in [4.78, 5) is 19.2. The van der Waals surface area contributed by atoms with Gasteiger partial charge in [0, 0.05) is 13.0 Å². The molecule has 7 heteroatoms. The summed E-state index contributed by atoms with van der Waals surface area (Å²) in [6, 6.07) is 0. The number of nitrogens with one attached hydrogen (secondary N) is 1. The first-order valence-corrected chi connectivity index (χ1v) is 7.02. The number of hydrogen-bond donors (Lipinski definition) is 1. The van der Waals surface area contributed by atoms with E-state index in [0.717, 1.165) is 6.42 Å². The molecule has 116 valence electrons. The molecule has 0 aliphatic rings. The molecule has 7 nitrogen and oxygen atoms in total. The summed E-state index contributed by atoms with van der Waals surface area (Å²) >= 11 is 0. The number of hydrogen-bond acceptors (Lipinski definition) is 6. The predicted octanol–water partition coefficient (Wildman–Crippen LogP) is 2.97. The average molecular weight is 294 g/mol. The first-order valence-electron chi connectivity index (χ1n) is 7.02. The highest BCUT2D eigenvalue weighted by Crippen LogP contribution is 2.32. The molecule has 0 aliphatic carbocycles. The Morgan fingerprint density at radius 2 is 2.19 bits per heavy atom. The minimum absolute atomic E-state index is 0.0266. The molecule has 0 amide bonds. The second-order valence-corrected chi connectivity index (χ2v) is 5.02. The summed E-state index contributed by atoms with van der Waals surface area (Å²) < 4.78 is 5.51. The van der Waals surface area contributed by atoms with E-state index >= 15 is 0 Å². The van der Waals surface area contributed by atoms with E-state index in [1.165, 1.54) is 0 Å². The van der Waals surface area contributed by atoms with Gasteiger partial charge in [-0.3, -0.25) is 10.1 Å². The zero-order valence-corrected chi connectivity index (χ0v) is 12.8. The van der Waals surface area contributed by atoms with Crippen molar-refractivity contribution in [3.63, 3.8) is 0 Å². The van der Waals surface area contributed by atoms with E-state index in [1.807, 2.05) is 20.8 Å². The van der Waals surface area contributed by atoms with Gasteiger partial charge in [0.25, 0.3) is 5.88 Å². The average Bonchev–Trinajstić information content (AvgIpc) is 2.42. The van der Waals surface area contributed by atoms with Crippen LogP contribution in [0.3, 0.4) is 0 Å². The number of nitro groups is 1. The van der Waals surface area contributed by atoms with Crippen molar-refractivity contribution in [3.05, 3.63) is 28.6 Å². The van der Waals surface area contributed by atoms with Gasteiger partial charge in [-0.1, -0.05) is 26.8 Å². The maximum absolute atomic E-state index is 11.3. The fraction of sp³-hybridized carbons (Fsp3) is 0.571. The minimum atomic E-state index is -0.517. The molecule has 0 aliphatic heterocycles. The molecule has 0 radical (unpaired) electrons. The van der Waals surface area contributed by atoms with Crippen LogP contribution >= 0.6 is 0 Å². The van der Waals surface area contributed by atoms with Crippen molar-refractivity contribution >= 4 is 11.5 Å². The molecule has 0 bridgehead atoms. The van der Waals surface area contributed by atoms with E-state index < -0.39 is 4.92 Å². The van der Waals surface area contributed by atoms with Gasteiger partial charge < -0.3 is 10.1 Å². The monoisotopic (exact) mass is 294 g/mol. The summed E-state index contributed by atoms with van der Waals surface area (Å²) in [5.74, 6) is 0.989. The summed E-state index contributed by atoms with van der Waals surface area (Å²) in [5, 5.41) is 14.2. The fourth-order valence-corrected chi connectivity index (χ4v) is 1.62. The molecular weight excluding hydrogens is 272 g/mol. The Balaban J connectivity index is 3.23. The number of ether oxygens (including phenoxy) is 1. The van der Waals surface area contributed by atoms with E-state index in [-0.39, 0.29) is 23.3 Å². The van der Waals surface area contributed by atoms with Crippen molar-refractivity contribution in [2.45, 2.75) is 33.6 Å². The first-order chi connectivity index (χ1) is 9.99. The molecule has 0 aromatic carbocycles. The predicted molar refractivity (Wildman–Crippen MR) is 81.7 cm³/mol. The van der Waals surface area contributed by atoms with Crippen LogP contribution in [0.25, 0.3) is 0 Å². The van der Waals surface area contributed by atoms with Crippen LogP contribution in [0.4, 0.5) is 11.5 Å². The van der Waals surface area contributed by atoms with Gasteiger partial charge in [0.05, 0.1) is 11.5 Å². The van der Waals surface area contributed by atoms with Gasteiger partial charge in [-0.2, -0.15) is 4.98 Å². The molecule has 0 unspecified atom stereocenters. The lowest BCUT2D eigenvalue weighted by molar-refractivity contribution is -0.385. The molecule has 0 saturated heterocycles. The maximum Gasteiger partial charge on any atom is 0.372 e. The number of rotatable bonds is 9. The van der Waals surface area contributed by atoms with Crippen molar-refractivity contribution in [2.75, 3.05) is 18.5 Å². The van der Waals surface area contributed by atoms with Crippen molar-refractivity contribution in [3.8, 4) is 5.88 Å². The van der Waals surface area contributed by atoms with Gasteiger partial charge >= 0.3 is 5.69 Å². The highest BCUT2D eigenvalue weighted by molar-refractivity contribution is 5.62. The Labute approximate surface area is 124 Å². The van der Waals surface area contributed by atoms with Crippen LogP contribution < -0.4 is 10.1 Å². The van der Waals surface area contributed by atoms with E-state index in [1.54, 1.807) is 6.08 Å². The van der Waals surface area contributed by atoms with E-state index in [2.05, 4.69) is 21.9 Å². The van der Waals surface area contributed by atoms with Crippen molar-refractivity contribution in [1.82, 2.24) is 9.97 Å². The summed E-state index contributed by atoms with van der Waals surface area (Å²) in [5.41, 5.74) is -0.225. The molecule has 0 atom stereocenters. The maximum atomic E-state index is 11.3. The number of anilines is 1. The van der Waals surface area contributed by atoms with Gasteiger partial charge in [-0.15, -0.1) is 6.58 Å². The molecule has 1 rings (SSSR count). The van der Waals surface area contributed by atoms with Crippen molar-refractivity contribution < 1.29 is 9.66 Å². The van der Waals surface area contributed by atoms with Crippen LogP contribution in [0.5, 0.6) is 5.88 Å². The number of nitrogens with zero attached hydrogens (tertiary/aromatic N) is 3. The van der Waals surface area contributed by atoms with Gasteiger partial charge in [0.15, 0.2) is 0 Å². The normalized spacial score (nSPS) is 10.5. The molecule has 1 heterocycles. The SMILES string of the molecule is C=CCNc1nc(CCC)nc(OCC(C)C)c1[N+](=O)[O-]. The fourth-order valence-electron chi connectivity index (χ4n) is 1.62. The van der Waals surface area contributed by atoms with E-state index in [4.69, 9.17) is 4.74 Å². The van der Waals surface area contributed by atoms with Crippen LogP contribution in [0.2, 0.25) is 0 Å². The van der Waals surface area contributed by atoms with Crippen LogP contribution in [0.1, 0.15) is 33.0 Å². The third-order valence-corrected chi connectivity index (χ3v) is 2.52. The van der Waals surface area contributed by atoms with Gasteiger partial charge in [0.2, 0.25) is 5.82 Å². The van der Waals surface area contributed by atoms with Crippen LogP contribution in [0, 0.1) is 16.0 Å². The largest absolute Gasteiger partial charge is 0.472 e. The van der Waals surface area contributed by atoms with Gasteiger partial charge in [-0.05, 0) is 12.3 Å². The third-order valence-electron chi connectivity index (χ3n) is 2.52.